The molecule has 3 N–H and O–H groups in total. The van der Waals surface area contributed by atoms with Crippen molar-refractivity contribution in [2.24, 2.45) is 0 Å². The standard InChI is InChI=1S/C26H25N3O4/c1-33-21-9-5-8-20(15-21)25-22(17-29(28-25)16-19-6-3-2-4-7-19)26(32)27-13-12-18-10-11-23(30)24(31)14-18/h2-11,14-15,17,30-31H,12-13,16H2,1H3,(H,27,32). The SMILES string of the molecule is COc1cccc(-c2nn(Cc3ccccc3)cc2C(=O)NCCc2ccc(O)c(O)c2)c1. The summed E-state index contributed by atoms with van der Waals surface area (Å²) in [6, 6.07) is 22.0. The van der Waals surface area contributed by atoms with Crippen LogP contribution in [0.1, 0.15) is 21.5 Å². The number of phenolic OH excluding ortho intramolecular Hbond substituents is 2. The van der Waals surface area contributed by atoms with E-state index in [0.29, 0.717) is 36.5 Å². The fourth-order valence-electron chi connectivity index (χ4n) is 3.56. The van der Waals surface area contributed by atoms with Gasteiger partial charge in [-0.25, -0.2) is 0 Å². The molecule has 168 valence electrons. The molecule has 4 rings (SSSR count). The maximum atomic E-state index is 13.1. The second kappa shape index (κ2) is 9.91. The number of benzene rings is 3. The molecule has 0 aliphatic rings. The van der Waals surface area contributed by atoms with E-state index in [4.69, 9.17) is 9.84 Å². The first-order chi connectivity index (χ1) is 16.0. The average Bonchev–Trinajstić information content (AvgIpc) is 3.26. The Morgan fingerprint density at radius 1 is 0.970 bits per heavy atom. The molecule has 0 spiro atoms. The highest BCUT2D eigenvalue weighted by atomic mass is 16.5. The molecule has 3 aromatic carbocycles. The van der Waals surface area contributed by atoms with E-state index in [1.54, 1.807) is 24.1 Å². The van der Waals surface area contributed by atoms with Crippen LogP contribution in [0.15, 0.2) is 79.0 Å². The molecule has 4 aromatic rings. The zero-order valence-electron chi connectivity index (χ0n) is 18.2. The summed E-state index contributed by atoms with van der Waals surface area (Å²) in [6.07, 6.45) is 2.26. The molecule has 0 fully saturated rings. The minimum absolute atomic E-state index is 0.170. The van der Waals surface area contributed by atoms with E-state index in [9.17, 15) is 15.0 Å². The first-order valence-corrected chi connectivity index (χ1v) is 10.6. The fourth-order valence-corrected chi connectivity index (χ4v) is 3.56. The van der Waals surface area contributed by atoms with Gasteiger partial charge >= 0.3 is 0 Å². The third-order valence-corrected chi connectivity index (χ3v) is 5.28. The first-order valence-electron chi connectivity index (χ1n) is 10.6. The number of ether oxygens (including phenoxy) is 1. The molecule has 1 aromatic heterocycles. The van der Waals surface area contributed by atoms with Crippen molar-refractivity contribution < 1.29 is 19.7 Å². The average molecular weight is 444 g/mol. The van der Waals surface area contributed by atoms with Gasteiger partial charge in [-0.3, -0.25) is 9.48 Å². The van der Waals surface area contributed by atoms with Crippen molar-refractivity contribution in [3.8, 4) is 28.5 Å². The molecule has 1 amide bonds. The molecular formula is C26H25N3O4. The molecule has 0 radical (unpaired) electrons. The monoisotopic (exact) mass is 443 g/mol. The number of nitrogens with one attached hydrogen (secondary N) is 1. The van der Waals surface area contributed by atoms with Crippen LogP contribution in [0.4, 0.5) is 0 Å². The van der Waals surface area contributed by atoms with E-state index < -0.39 is 0 Å². The topological polar surface area (TPSA) is 96.6 Å². The number of nitrogens with zero attached hydrogens (tertiary/aromatic N) is 2. The van der Waals surface area contributed by atoms with Gasteiger partial charge < -0.3 is 20.3 Å². The van der Waals surface area contributed by atoms with Gasteiger partial charge in [-0.05, 0) is 41.8 Å². The Bertz CT molecular complexity index is 1250. The van der Waals surface area contributed by atoms with Crippen molar-refractivity contribution in [3.05, 3.63) is 95.7 Å². The predicted molar refractivity (Wildman–Crippen MR) is 126 cm³/mol. The lowest BCUT2D eigenvalue weighted by atomic mass is 10.1. The second-order valence-corrected chi connectivity index (χ2v) is 7.64. The van der Waals surface area contributed by atoms with Crippen LogP contribution >= 0.6 is 0 Å². The van der Waals surface area contributed by atoms with Crippen LogP contribution in [0.25, 0.3) is 11.3 Å². The van der Waals surface area contributed by atoms with Crippen LogP contribution in [-0.4, -0.2) is 39.6 Å². The highest BCUT2D eigenvalue weighted by Crippen LogP contribution is 2.27. The van der Waals surface area contributed by atoms with E-state index >= 15 is 0 Å². The quantitative estimate of drug-likeness (QED) is 0.358. The Kier molecular flexibility index (Phi) is 6.59. The first kappa shape index (κ1) is 22.0. The van der Waals surface area contributed by atoms with Gasteiger partial charge in [0.05, 0.1) is 19.2 Å². The fraction of sp³-hybridized carbons (Fsp3) is 0.154. The van der Waals surface area contributed by atoms with Crippen molar-refractivity contribution in [1.29, 1.82) is 0 Å². The summed E-state index contributed by atoms with van der Waals surface area (Å²) in [6.45, 7) is 0.905. The molecule has 0 saturated carbocycles. The van der Waals surface area contributed by atoms with Crippen LogP contribution in [0.2, 0.25) is 0 Å². The zero-order chi connectivity index (χ0) is 23.2. The zero-order valence-corrected chi connectivity index (χ0v) is 18.2. The largest absolute Gasteiger partial charge is 0.504 e. The van der Waals surface area contributed by atoms with E-state index in [1.165, 1.54) is 12.1 Å². The third-order valence-electron chi connectivity index (χ3n) is 5.28. The normalized spacial score (nSPS) is 10.7. The molecule has 0 saturated heterocycles. The molecule has 7 heteroatoms. The molecule has 33 heavy (non-hydrogen) atoms. The number of hydrogen-bond acceptors (Lipinski definition) is 5. The molecule has 0 aliphatic heterocycles. The third kappa shape index (κ3) is 5.33. The smallest absolute Gasteiger partial charge is 0.255 e. The molecule has 7 nitrogen and oxygen atoms in total. The lowest BCUT2D eigenvalue weighted by molar-refractivity contribution is 0.0954. The van der Waals surface area contributed by atoms with E-state index in [1.807, 2.05) is 54.6 Å². The minimum Gasteiger partial charge on any atom is -0.504 e. The van der Waals surface area contributed by atoms with Crippen LogP contribution in [0, 0.1) is 0 Å². The molecule has 0 atom stereocenters. The van der Waals surface area contributed by atoms with Gasteiger partial charge in [0, 0.05) is 18.3 Å². The van der Waals surface area contributed by atoms with E-state index in [0.717, 1.165) is 16.7 Å². The Morgan fingerprint density at radius 3 is 2.55 bits per heavy atom. The molecule has 0 unspecified atom stereocenters. The summed E-state index contributed by atoms with van der Waals surface area (Å²) in [7, 11) is 1.60. The van der Waals surface area contributed by atoms with Crippen LogP contribution in [0.3, 0.4) is 0 Å². The van der Waals surface area contributed by atoms with Crippen molar-refractivity contribution in [2.45, 2.75) is 13.0 Å². The van der Waals surface area contributed by atoms with Gasteiger partial charge in [-0.15, -0.1) is 0 Å². The van der Waals surface area contributed by atoms with Crippen molar-refractivity contribution in [1.82, 2.24) is 15.1 Å². The molecule has 0 aliphatic carbocycles. The van der Waals surface area contributed by atoms with E-state index in [2.05, 4.69) is 5.32 Å². The Balaban J connectivity index is 1.56. The van der Waals surface area contributed by atoms with Gasteiger partial charge in [0.2, 0.25) is 0 Å². The van der Waals surface area contributed by atoms with Gasteiger partial charge in [0.25, 0.3) is 5.91 Å². The molecular weight excluding hydrogens is 418 g/mol. The lowest BCUT2D eigenvalue weighted by Gasteiger charge is -2.07. The predicted octanol–water partition coefficient (Wildman–Crippen LogP) is 3.99. The highest BCUT2D eigenvalue weighted by molar-refractivity contribution is 5.99. The number of carbonyl (C=O) groups is 1. The number of rotatable bonds is 8. The highest BCUT2D eigenvalue weighted by Gasteiger charge is 2.18. The van der Waals surface area contributed by atoms with Gasteiger partial charge in [0.1, 0.15) is 11.4 Å². The van der Waals surface area contributed by atoms with Crippen LogP contribution in [0.5, 0.6) is 17.2 Å². The van der Waals surface area contributed by atoms with Crippen molar-refractivity contribution in [3.63, 3.8) is 0 Å². The van der Waals surface area contributed by atoms with Crippen LogP contribution in [-0.2, 0) is 13.0 Å². The maximum absolute atomic E-state index is 13.1. The minimum atomic E-state index is -0.241. The lowest BCUT2D eigenvalue weighted by Crippen LogP contribution is -2.25. The number of hydrogen-bond donors (Lipinski definition) is 3. The summed E-state index contributed by atoms with van der Waals surface area (Å²) in [4.78, 5) is 13.1. The molecule has 0 bridgehead atoms. The number of aromatic hydroxyl groups is 2. The van der Waals surface area contributed by atoms with Crippen LogP contribution < -0.4 is 10.1 Å². The molecule has 1 heterocycles. The van der Waals surface area contributed by atoms with Crippen molar-refractivity contribution >= 4 is 5.91 Å². The summed E-state index contributed by atoms with van der Waals surface area (Å²) >= 11 is 0. The second-order valence-electron chi connectivity index (χ2n) is 7.64. The van der Waals surface area contributed by atoms with Gasteiger partial charge in [-0.2, -0.15) is 5.10 Å². The number of methoxy groups -OCH3 is 1. The number of phenols is 2. The Morgan fingerprint density at radius 2 is 1.79 bits per heavy atom. The van der Waals surface area contributed by atoms with Gasteiger partial charge in [0.15, 0.2) is 11.5 Å². The van der Waals surface area contributed by atoms with Gasteiger partial charge in [-0.1, -0.05) is 48.5 Å². The summed E-state index contributed by atoms with van der Waals surface area (Å²) in [5, 5.41) is 26.7. The number of amides is 1. The number of carbonyl (C=O) groups excluding carboxylic acids is 1. The summed E-state index contributed by atoms with van der Waals surface area (Å²) in [5.41, 5.74) is 3.71. The summed E-state index contributed by atoms with van der Waals surface area (Å²) < 4.78 is 7.10. The summed E-state index contributed by atoms with van der Waals surface area (Å²) in [5.74, 6) is 0.0941. The van der Waals surface area contributed by atoms with Crippen molar-refractivity contribution in [2.75, 3.05) is 13.7 Å². The van der Waals surface area contributed by atoms with E-state index in [-0.39, 0.29) is 17.4 Å². The Hall–Kier alpha value is -4.26. The number of aromatic nitrogens is 2. The Labute approximate surface area is 191 Å². The maximum Gasteiger partial charge on any atom is 0.255 e.